The van der Waals surface area contributed by atoms with E-state index in [1.165, 1.54) is 24.3 Å². The summed E-state index contributed by atoms with van der Waals surface area (Å²) >= 11 is 6.13. The minimum Gasteiger partial charge on any atom is -0.457 e. The van der Waals surface area contributed by atoms with Crippen LogP contribution in [0.4, 0.5) is 10.5 Å². The Bertz CT molecular complexity index is 1190. The molecular weight excluding hydrogens is 410 g/mol. The molecule has 1 aromatic heterocycles. The summed E-state index contributed by atoms with van der Waals surface area (Å²) in [5, 5.41) is 13.5. The zero-order chi connectivity index (χ0) is 21.3. The van der Waals surface area contributed by atoms with E-state index in [4.69, 9.17) is 16.0 Å². The largest absolute Gasteiger partial charge is 0.457 e. The summed E-state index contributed by atoms with van der Waals surface area (Å²) in [6.07, 6.45) is 1.42. The summed E-state index contributed by atoms with van der Waals surface area (Å²) in [6, 6.07) is 15.9. The first-order chi connectivity index (χ1) is 14.4. The van der Waals surface area contributed by atoms with Crippen molar-refractivity contribution in [3.8, 4) is 11.3 Å². The number of nitro groups is 1. The van der Waals surface area contributed by atoms with Crippen LogP contribution in [0, 0.1) is 10.1 Å². The van der Waals surface area contributed by atoms with E-state index in [-0.39, 0.29) is 23.0 Å². The molecule has 0 aliphatic carbocycles. The zero-order valence-electron chi connectivity index (χ0n) is 15.4. The van der Waals surface area contributed by atoms with Crippen LogP contribution in [0.5, 0.6) is 0 Å². The maximum Gasteiger partial charge on any atom is 0.329 e. The van der Waals surface area contributed by atoms with Gasteiger partial charge in [0.2, 0.25) is 0 Å². The maximum absolute atomic E-state index is 12.6. The molecule has 1 saturated heterocycles. The van der Waals surface area contributed by atoms with Gasteiger partial charge in [0.25, 0.3) is 11.6 Å². The number of nitro benzene ring substituents is 1. The number of halogens is 1. The van der Waals surface area contributed by atoms with Crippen molar-refractivity contribution >= 4 is 35.3 Å². The summed E-state index contributed by atoms with van der Waals surface area (Å²) < 4.78 is 5.70. The number of amides is 3. The highest BCUT2D eigenvalue weighted by Gasteiger charge is 2.33. The van der Waals surface area contributed by atoms with Gasteiger partial charge in [-0.1, -0.05) is 41.9 Å². The van der Waals surface area contributed by atoms with Crippen LogP contribution in [0.25, 0.3) is 17.4 Å². The van der Waals surface area contributed by atoms with Gasteiger partial charge in [0, 0.05) is 23.8 Å². The second kappa shape index (κ2) is 7.84. The molecule has 2 heterocycles. The molecule has 0 radical (unpaired) electrons. The van der Waals surface area contributed by atoms with Gasteiger partial charge in [-0.3, -0.25) is 19.8 Å². The van der Waals surface area contributed by atoms with Crippen LogP contribution >= 0.6 is 11.6 Å². The van der Waals surface area contributed by atoms with E-state index in [0.29, 0.717) is 17.1 Å². The van der Waals surface area contributed by atoms with E-state index in [0.717, 1.165) is 10.5 Å². The van der Waals surface area contributed by atoms with Crippen molar-refractivity contribution in [3.63, 3.8) is 0 Å². The molecule has 2 aromatic carbocycles. The molecule has 9 heteroatoms. The lowest BCUT2D eigenvalue weighted by Gasteiger charge is -2.11. The quantitative estimate of drug-likeness (QED) is 0.279. The number of furan rings is 1. The molecule has 0 unspecified atom stereocenters. The smallest absolute Gasteiger partial charge is 0.329 e. The zero-order valence-corrected chi connectivity index (χ0v) is 16.1. The highest BCUT2D eigenvalue weighted by atomic mass is 35.5. The molecule has 0 bridgehead atoms. The first kappa shape index (κ1) is 19.4. The monoisotopic (exact) mass is 423 g/mol. The fraction of sp³-hybridized carbons (Fsp3) is 0.0476. The van der Waals surface area contributed by atoms with Crippen LogP contribution in [0.1, 0.15) is 11.3 Å². The molecule has 0 saturated carbocycles. The lowest BCUT2D eigenvalue weighted by atomic mass is 10.1. The molecular formula is C21H14ClN3O5. The third-order valence-electron chi connectivity index (χ3n) is 4.49. The number of carbonyl (C=O) groups is 2. The van der Waals surface area contributed by atoms with Gasteiger partial charge in [-0.15, -0.1) is 0 Å². The predicted molar refractivity (Wildman–Crippen MR) is 109 cm³/mol. The third kappa shape index (κ3) is 3.81. The molecule has 3 aromatic rings. The van der Waals surface area contributed by atoms with Crippen molar-refractivity contribution in [1.82, 2.24) is 10.2 Å². The van der Waals surface area contributed by atoms with Crippen molar-refractivity contribution in [2.45, 2.75) is 6.54 Å². The van der Waals surface area contributed by atoms with Gasteiger partial charge in [-0.2, -0.15) is 0 Å². The van der Waals surface area contributed by atoms with E-state index >= 15 is 0 Å². The predicted octanol–water partition coefficient (Wildman–Crippen LogP) is 4.60. The van der Waals surface area contributed by atoms with Crippen molar-refractivity contribution in [1.29, 1.82) is 0 Å². The molecule has 150 valence electrons. The molecule has 1 fully saturated rings. The average molecular weight is 424 g/mol. The van der Waals surface area contributed by atoms with E-state index in [1.807, 2.05) is 30.3 Å². The Kier molecular flexibility index (Phi) is 5.07. The van der Waals surface area contributed by atoms with Gasteiger partial charge in [-0.05, 0) is 23.8 Å². The highest BCUT2D eigenvalue weighted by Crippen LogP contribution is 2.32. The topological polar surface area (TPSA) is 106 Å². The molecule has 30 heavy (non-hydrogen) atoms. The molecule has 1 aliphatic rings. The van der Waals surface area contributed by atoms with E-state index < -0.39 is 16.9 Å². The number of hydrogen-bond acceptors (Lipinski definition) is 5. The Morgan fingerprint density at radius 2 is 1.87 bits per heavy atom. The minimum atomic E-state index is -0.538. The number of benzene rings is 2. The van der Waals surface area contributed by atoms with Crippen molar-refractivity contribution < 1.29 is 18.9 Å². The molecule has 8 nitrogen and oxygen atoms in total. The number of non-ortho nitro benzene ring substituents is 1. The molecule has 1 aliphatic heterocycles. The number of nitrogens with zero attached hydrogens (tertiary/aromatic N) is 2. The van der Waals surface area contributed by atoms with Crippen molar-refractivity contribution in [3.05, 3.63) is 92.8 Å². The minimum absolute atomic E-state index is 0.0895. The maximum atomic E-state index is 12.6. The lowest BCUT2D eigenvalue weighted by molar-refractivity contribution is -0.384. The Hall–Kier alpha value is -3.91. The van der Waals surface area contributed by atoms with Crippen LogP contribution < -0.4 is 5.32 Å². The number of hydrogen-bond donors (Lipinski definition) is 1. The summed E-state index contributed by atoms with van der Waals surface area (Å²) in [7, 11) is 0. The fourth-order valence-electron chi connectivity index (χ4n) is 3.02. The van der Waals surface area contributed by atoms with Gasteiger partial charge in [0.1, 0.15) is 17.2 Å². The highest BCUT2D eigenvalue weighted by molar-refractivity contribution is 6.33. The molecule has 3 amide bonds. The average Bonchev–Trinajstić information content (AvgIpc) is 3.29. The van der Waals surface area contributed by atoms with Crippen LogP contribution in [0.2, 0.25) is 5.02 Å². The van der Waals surface area contributed by atoms with Gasteiger partial charge in [-0.25, -0.2) is 4.79 Å². The Labute approximate surface area is 175 Å². The number of carbonyl (C=O) groups excluding carboxylic acids is 2. The standard InChI is InChI=1S/C21H14ClN3O5/c22-17-10-14(25(28)29)6-8-16(17)19-9-7-15(30-19)11-18-20(26)24(21(27)23-18)12-13-4-2-1-3-5-13/h1-11H,12H2,(H,23,27)/b18-11+. The number of rotatable bonds is 5. The first-order valence-corrected chi connectivity index (χ1v) is 9.23. The van der Waals surface area contributed by atoms with Gasteiger partial charge in [0.05, 0.1) is 16.5 Å². The van der Waals surface area contributed by atoms with Gasteiger partial charge in [0.15, 0.2) is 0 Å². The SMILES string of the molecule is O=C1N/C(=C/c2ccc(-c3ccc([N+](=O)[O-])cc3Cl)o2)C(=O)N1Cc1ccccc1. The Morgan fingerprint density at radius 3 is 2.57 bits per heavy atom. The fourth-order valence-corrected chi connectivity index (χ4v) is 3.28. The van der Waals surface area contributed by atoms with Crippen LogP contribution in [0.15, 0.2) is 70.8 Å². The molecule has 0 spiro atoms. The van der Waals surface area contributed by atoms with Gasteiger partial charge < -0.3 is 9.73 Å². The Balaban J connectivity index is 1.55. The van der Waals surface area contributed by atoms with E-state index in [9.17, 15) is 19.7 Å². The molecule has 1 N–H and O–H groups in total. The Morgan fingerprint density at radius 1 is 1.10 bits per heavy atom. The number of imide groups is 1. The number of nitrogens with one attached hydrogen (secondary N) is 1. The van der Waals surface area contributed by atoms with E-state index in [2.05, 4.69) is 5.32 Å². The third-order valence-corrected chi connectivity index (χ3v) is 4.80. The van der Waals surface area contributed by atoms with Crippen molar-refractivity contribution in [2.24, 2.45) is 0 Å². The van der Waals surface area contributed by atoms with Crippen LogP contribution in [-0.4, -0.2) is 21.8 Å². The number of urea groups is 1. The van der Waals surface area contributed by atoms with E-state index in [1.54, 1.807) is 12.1 Å². The van der Waals surface area contributed by atoms with Gasteiger partial charge >= 0.3 is 6.03 Å². The van der Waals surface area contributed by atoms with Crippen molar-refractivity contribution in [2.75, 3.05) is 0 Å². The summed E-state index contributed by atoms with van der Waals surface area (Å²) in [5.74, 6) is 0.236. The second-order valence-corrected chi connectivity index (χ2v) is 6.90. The summed E-state index contributed by atoms with van der Waals surface area (Å²) in [6.45, 7) is 0.157. The van der Waals surface area contributed by atoms with Crippen LogP contribution in [0.3, 0.4) is 0 Å². The van der Waals surface area contributed by atoms with Crippen LogP contribution in [-0.2, 0) is 11.3 Å². The normalized spacial score (nSPS) is 15.0. The second-order valence-electron chi connectivity index (χ2n) is 6.49. The molecule has 0 atom stereocenters. The molecule has 4 rings (SSSR count). The summed E-state index contributed by atoms with van der Waals surface area (Å²) in [4.78, 5) is 36.2. The lowest BCUT2D eigenvalue weighted by Crippen LogP contribution is -2.30. The summed E-state index contributed by atoms with van der Waals surface area (Å²) in [5.41, 5.74) is 1.26. The first-order valence-electron chi connectivity index (χ1n) is 8.85.